The Balaban J connectivity index is 4.83. The van der Waals surface area contributed by atoms with Crippen molar-refractivity contribution < 1.29 is 45.4 Å². The fourth-order valence-electron chi connectivity index (χ4n) is 0.702. The fourth-order valence-corrected chi connectivity index (χ4v) is 0.702. The molecule has 0 aliphatic carbocycles. The van der Waals surface area contributed by atoms with Gasteiger partial charge >= 0.3 is 24.4 Å². The predicted molar refractivity (Wildman–Crippen MR) is 33.9 cm³/mol. The summed E-state index contributed by atoms with van der Waals surface area (Å²) >= 11 is 0. The summed E-state index contributed by atoms with van der Waals surface area (Å²) in [6.45, 7) is 0. The lowest BCUT2D eigenvalue weighted by Gasteiger charge is -2.27. The Kier molecular flexibility index (Phi) is 4.14. The number of halogens is 7. The van der Waals surface area contributed by atoms with E-state index in [4.69, 9.17) is 5.11 Å². The van der Waals surface area contributed by atoms with Crippen LogP contribution in [0.1, 0.15) is 12.8 Å². The normalized spacial score (nSPS) is 16.9. The molecule has 16 heavy (non-hydrogen) atoms. The van der Waals surface area contributed by atoms with Crippen molar-refractivity contribution in [3.8, 4) is 0 Å². The SMILES string of the molecule is O=C(O)CCC(F)(OC(F)(F)F)C(F)(F)F. The highest BCUT2D eigenvalue weighted by Gasteiger charge is 2.62. The van der Waals surface area contributed by atoms with Gasteiger partial charge in [-0.3, -0.25) is 4.79 Å². The summed E-state index contributed by atoms with van der Waals surface area (Å²) in [4.78, 5) is 9.87. The maximum atomic E-state index is 12.8. The highest BCUT2D eigenvalue weighted by molar-refractivity contribution is 5.66. The van der Waals surface area contributed by atoms with Crippen molar-refractivity contribution in [2.45, 2.75) is 31.2 Å². The molecule has 0 heterocycles. The van der Waals surface area contributed by atoms with Crippen LogP contribution < -0.4 is 0 Å². The van der Waals surface area contributed by atoms with Crippen LogP contribution in [0.3, 0.4) is 0 Å². The molecule has 0 spiro atoms. The summed E-state index contributed by atoms with van der Waals surface area (Å²) in [5, 5.41) is 7.97. The smallest absolute Gasteiger partial charge is 0.481 e. The third-order valence-electron chi connectivity index (χ3n) is 1.36. The Morgan fingerprint density at radius 2 is 1.50 bits per heavy atom. The second-order valence-electron chi connectivity index (χ2n) is 2.67. The van der Waals surface area contributed by atoms with Gasteiger partial charge in [0.15, 0.2) is 0 Å². The number of hydrogen-bond donors (Lipinski definition) is 1. The number of alkyl halides is 7. The van der Waals surface area contributed by atoms with Crippen LogP contribution in [0.2, 0.25) is 0 Å². The van der Waals surface area contributed by atoms with Crippen LogP contribution in [0, 0.1) is 0 Å². The molecule has 0 aromatic carbocycles. The van der Waals surface area contributed by atoms with Gasteiger partial charge in [0.1, 0.15) is 0 Å². The molecule has 0 amide bonds. The molecule has 0 aromatic rings. The van der Waals surface area contributed by atoms with E-state index in [0.29, 0.717) is 0 Å². The quantitative estimate of drug-likeness (QED) is 0.788. The molecule has 0 aromatic heterocycles. The van der Waals surface area contributed by atoms with Gasteiger partial charge in [0.25, 0.3) is 0 Å². The number of hydrogen-bond acceptors (Lipinski definition) is 2. The van der Waals surface area contributed by atoms with Crippen LogP contribution in [-0.4, -0.2) is 29.5 Å². The van der Waals surface area contributed by atoms with Gasteiger partial charge in [-0.05, 0) is 0 Å². The van der Waals surface area contributed by atoms with Gasteiger partial charge in [0, 0.05) is 6.42 Å². The number of carbonyl (C=O) groups is 1. The highest BCUT2D eigenvalue weighted by Crippen LogP contribution is 2.42. The maximum absolute atomic E-state index is 12.8. The Bertz CT molecular complexity index is 258. The number of ether oxygens (including phenoxy) is 1. The molecule has 10 heteroatoms. The standard InChI is InChI=1S/C6H5F7O3/c7-4(5(8,9)10,2-1-3(14)15)16-6(11,12)13/h1-2H2,(H,14,15). The van der Waals surface area contributed by atoms with Gasteiger partial charge in [0.2, 0.25) is 0 Å². The van der Waals surface area contributed by atoms with Gasteiger partial charge < -0.3 is 5.11 Å². The molecule has 1 unspecified atom stereocenters. The lowest BCUT2D eigenvalue weighted by molar-refractivity contribution is -0.448. The van der Waals surface area contributed by atoms with Crippen molar-refractivity contribution >= 4 is 5.97 Å². The molecule has 1 N–H and O–H groups in total. The monoisotopic (exact) mass is 258 g/mol. The lowest BCUT2D eigenvalue weighted by atomic mass is 10.1. The summed E-state index contributed by atoms with van der Waals surface area (Å²) in [6.07, 6.45) is -15.3. The molecule has 0 rings (SSSR count). The summed E-state index contributed by atoms with van der Waals surface area (Å²) in [6, 6.07) is 0. The molecular formula is C6H5F7O3. The largest absolute Gasteiger partial charge is 0.525 e. The van der Waals surface area contributed by atoms with Crippen LogP contribution in [0.25, 0.3) is 0 Å². The average Bonchev–Trinajstić information content (AvgIpc) is 1.95. The fraction of sp³-hybridized carbons (Fsp3) is 0.833. The van der Waals surface area contributed by atoms with E-state index < -0.39 is 37.2 Å². The Hall–Kier alpha value is -1.06. The van der Waals surface area contributed by atoms with Crippen LogP contribution in [0.5, 0.6) is 0 Å². The molecule has 0 aliphatic heterocycles. The minimum absolute atomic E-state index is 1.45. The van der Waals surface area contributed by atoms with E-state index in [0.717, 1.165) is 0 Å². The first-order valence-electron chi connectivity index (χ1n) is 3.62. The van der Waals surface area contributed by atoms with Crippen molar-refractivity contribution in [1.29, 1.82) is 0 Å². The van der Waals surface area contributed by atoms with E-state index in [1.807, 2.05) is 0 Å². The third kappa shape index (κ3) is 4.64. The van der Waals surface area contributed by atoms with E-state index in [9.17, 15) is 35.5 Å². The Labute approximate surface area is 83.8 Å². The number of carboxylic acid groups (broad SMARTS) is 1. The molecule has 0 fully saturated rings. The van der Waals surface area contributed by atoms with E-state index in [2.05, 4.69) is 4.74 Å². The van der Waals surface area contributed by atoms with Gasteiger partial charge in [-0.1, -0.05) is 0 Å². The van der Waals surface area contributed by atoms with Crippen molar-refractivity contribution in [2.24, 2.45) is 0 Å². The van der Waals surface area contributed by atoms with Crippen molar-refractivity contribution in [1.82, 2.24) is 0 Å². The summed E-state index contributed by atoms with van der Waals surface area (Å²) in [5.41, 5.74) is 0. The number of aliphatic carboxylic acids is 1. The second kappa shape index (κ2) is 4.44. The van der Waals surface area contributed by atoms with E-state index in [1.165, 1.54) is 0 Å². The second-order valence-corrected chi connectivity index (χ2v) is 2.67. The van der Waals surface area contributed by atoms with Gasteiger partial charge in [-0.25, -0.2) is 9.13 Å². The van der Waals surface area contributed by atoms with Gasteiger partial charge in [0.05, 0.1) is 6.42 Å². The summed E-state index contributed by atoms with van der Waals surface area (Å²) < 4.78 is 85.3. The van der Waals surface area contributed by atoms with Gasteiger partial charge in [-0.2, -0.15) is 13.2 Å². The average molecular weight is 258 g/mol. The molecule has 0 radical (unpaired) electrons. The molecule has 3 nitrogen and oxygen atoms in total. The van der Waals surface area contributed by atoms with E-state index in [-0.39, 0.29) is 0 Å². The zero-order valence-corrected chi connectivity index (χ0v) is 7.32. The van der Waals surface area contributed by atoms with Crippen LogP contribution in [-0.2, 0) is 9.53 Å². The zero-order chi connectivity index (χ0) is 13.2. The topological polar surface area (TPSA) is 46.5 Å². The first kappa shape index (κ1) is 14.9. The molecule has 0 aliphatic rings. The number of carboxylic acids is 1. The first-order chi connectivity index (χ1) is 6.87. The van der Waals surface area contributed by atoms with Crippen molar-refractivity contribution in [3.05, 3.63) is 0 Å². The summed E-state index contributed by atoms with van der Waals surface area (Å²) in [5.74, 6) is -6.93. The lowest BCUT2D eigenvalue weighted by Crippen LogP contribution is -2.47. The molecule has 0 saturated carbocycles. The van der Waals surface area contributed by atoms with Crippen LogP contribution in [0.15, 0.2) is 0 Å². The molecule has 1 atom stereocenters. The minimum Gasteiger partial charge on any atom is -0.481 e. The predicted octanol–water partition coefficient (Wildman–Crippen LogP) is 2.62. The molecule has 0 bridgehead atoms. The first-order valence-corrected chi connectivity index (χ1v) is 3.62. The number of rotatable bonds is 4. The van der Waals surface area contributed by atoms with Crippen molar-refractivity contribution in [2.75, 3.05) is 0 Å². The molecule has 96 valence electrons. The Morgan fingerprint density at radius 3 is 1.75 bits per heavy atom. The van der Waals surface area contributed by atoms with Crippen molar-refractivity contribution in [3.63, 3.8) is 0 Å². The maximum Gasteiger partial charge on any atom is 0.525 e. The third-order valence-corrected chi connectivity index (χ3v) is 1.36. The van der Waals surface area contributed by atoms with E-state index in [1.54, 1.807) is 0 Å². The highest BCUT2D eigenvalue weighted by atomic mass is 19.4. The van der Waals surface area contributed by atoms with E-state index >= 15 is 0 Å². The zero-order valence-electron chi connectivity index (χ0n) is 7.32. The van der Waals surface area contributed by atoms with Gasteiger partial charge in [-0.15, -0.1) is 13.2 Å². The Morgan fingerprint density at radius 1 is 1.06 bits per heavy atom. The molecular weight excluding hydrogens is 253 g/mol. The molecule has 0 saturated heterocycles. The van der Waals surface area contributed by atoms with Crippen LogP contribution >= 0.6 is 0 Å². The summed E-state index contributed by atoms with van der Waals surface area (Å²) in [7, 11) is 0. The minimum atomic E-state index is -5.97. The van der Waals surface area contributed by atoms with Crippen LogP contribution in [0.4, 0.5) is 30.7 Å².